The van der Waals surface area contributed by atoms with Crippen molar-refractivity contribution in [3.05, 3.63) is 23.3 Å². The summed E-state index contributed by atoms with van der Waals surface area (Å²) in [6, 6.07) is 0.919. The molecule has 1 aromatic rings. The van der Waals surface area contributed by atoms with Gasteiger partial charge in [-0.15, -0.1) is 0 Å². The maximum atomic E-state index is 12.8. The first-order valence-corrected chi connectivity index (χ1v) is 7.94. The fourth-order valence-corrected chi connectivity index (χ4v) is 3.62. The highest BCUT2D eigenvalue weighted by Gasteiger charge is 2.41. The highest BCUT2D eigenvalue weighted by atomic mass is 16.5. The van der Waals surface area contributed by atoms with Crippen LogP contribution in [0.2, 0.25) is 0 Å². The zero-order chi connectivity index (χ0) is 15.7. The van der Waals surface area contributed by atoms with Gasteiger partial charge in [-0.1, -0.05) is 0 Å². The molecule has 2 atom stereocenters. The van der Waals surface area contributed by atoms with Crippen molar-refractivity contribution in [1.82, 2.24) is 19.8 Å². The highest BCUT2D eigenvalue weighted by molar-refractivity contribution is 5.94. The average molecular weight is 304 g/mol. The lowest BCUT2D eigenvalue weighted by atomic mass is 10.1. The minimum Gasteiger partial charge on any atom is -0.383 e. The summed E-state index contributed by atoms with van der Waals surface area (Å²) in [6.07, 6.45) is 3.82. The van der Waals surface area contributed by atoms with Crippen molar-refractivity contribution in [3.63, 3.8) is 0 Å². The van der Waals surface area contributed by atoms with Crippen LogP contribution in [0.4, 0.5) is 0 Å². The van der Waals surface area contributed by atoms with E-state index in [1.54, 1.807) is 7.11 Å². The molecule has 1 aromatic heterocycles. The molecule has 0 aromatic carbocycles. The number of carbonyl (C=O) groups excluding carboxylic acids is 1. The van der Waals surface area contributed by atoms with Crippen LogP contribution in [0.25, 0.3) is 0 Å². The van der Waals surface area contributed by atoms with Gasteiger partial charge in [0.05, 0.1) is 6.61 Å². The van der Waals surface area contributed by atoms with Crippen LogP contribution >= 0.6 is 0 Å². The van der Waals surface area contributed by atoms with Gasteiger partial charge in [0.2, 0.25) is 0 Å². The Balaban J connectivity index is 1.73. The topological polar surface area (TPSA) is 58.6 Å². The fourth-order valence-electron chi connectivity index (χ4n) is 3.62. The van der Waals surface area contributed by atoms with Crippen LogP contribution < -0.4 is 0 Å². The number of methoxy groups -OCH3 is 1. The first-order chi connectivity index (χ1) is 10.6. The average Bonchev–Trinajstić information content (AvgIpc) is 2.75. The summed E-state index contributed by atoms with van der Waals surface area (Å²) >= 11 is 0. The van der Waals surface area contributed by atoms with Crippen molar-refractivity contribution < 1.29 is 9.53 Å². The van der Waals surface area contributed by atoms with E-state index in [2.05, 4.69) is 14.9 Å². The number of likely N-dealkylation sites (tertiary alicyclic amines) is 1. The number of aromatic nitrogens is 2. The second-order valence-electron chi connectivity index (χ2n) is 6.26. The van der Waals surface area contributed by atoms with Crippen molar-refractivity contribution in [2.75, 3.05) is 33.4 Å². The number of nitrogens with zero attached hydrogens (tertiary/aromatic N) is 4. The lowest BCUT2D eigenvalue weighted by Gasteiger charge is -2.41. The molecule has 2 aliphatic heterocycles. The van der Waals surface area contributed by atoms with Crippen molar-refractivity contribution in [2.24, 2.45) is 0 Å². The van der Waals surface area contributed by atoms with Crippen LogP contribution in [0.15, 0.2) is 6.33 Å². The Morgan fingerprint density at radius 2 is 1.95 bits per heavy atom. The number of aryl methyl sites for hydroxylation is 1. The van der Waals surface area contributed by atoms with Crippen LogP contribution in [0.5, 0.6) is 0 Å². The lowest BCUT2D eigenvalue weighted by Crippen LogP contribution is -2.56. The zero-order valence-corrected chi connectivity index (χ0v) is 13.6. The molecule has 3 rings (SSSR count). The smallest absolute Gasteiger partial charge is 0.272 e. The van der Waals surface area contributed by atoms with Crippen LogP contribution in [-0.4, -0.2) is 71.1 Å². The maximum absolute atomic E-state index is 12.8. The third-order valence-corrected chi connectivity index (χ3v) is 5.01. The molecule has 2 aliphatic rings. The molecule has 0 spiro atoms. The Morgan fingerprint density at radius 3 is 2.59 bits per heavy atom. The summed E-state index contributed by atoms with van der Waals surface area (Å²) in [4.78, 5) is 25.7. The molecule has 2 unspecified atom stereocenters. The number of carbonyl (C=O) groups is 1. The van der Waals surface area contributed by atoms with E-state index in [0.29, 0.717) is 17.8 Å². The van der Waals surface area contributed by atoms with Gasteiger partial charge in [-0.25, -0.2) is 9.97 Å². The van der Waals surface area contributed by atoms with E-state index >= 15 is 0 Å². The van der Waals surface area contributed by atoms with Gasteiger partial charge in [-0.05, 0) is 26.7 Å². The van der Waals surface area contributed by atoms with Gasteiger partial charge >= 0.3 is 0 Å². The standard InChI is InChI=1S/C16H24N4O2/c1-11-12(2)17-10-18-15(11)16(21)19-8-13-4-5-14(9-19)20(13)6-7-22-3/h10,13-14H,4-9H2,1-3H3. The van der Waals surface area contributed by atoms with E-state index < -0.39 is 0 Å². The summed E-state index contributed by atoms with van der Waals surface area (Å²) in [5.41, 5.74) is 2.32. The molecular weight excluding hydrogens is 280 g/mol. The molecule has 6 nitrogen and oxygen atoms in total. The van der Waals surface area contributed by atoms with Gasteiger partial charge in [0.15, 0.2) is 0 Å². The van der Waals surface area contributed by atoms with Gasteiger partial charge in [0, 0.05) is 50.1 Å². The summed E-state index contributed by atoms with van der Waals surface area (Å²) in [7, 11) is 1.74. The number of hydrogen-bond acceptors (Lipinski definition) is 5. The van der Waals surface area contributed by atoms with Crippen molar-refractivity contribution >= 4 is 5.91 Å². The summed E-state index contributed by atoms with van der Waals surface area (Å²) < 4.78 is 5.20. The molecule has 0 saturated carbocycles. The minimum absolute atomic E-state index is 0.0475. The van der Waals surface area contributed by atoms with Crippen molar-refractivity contribution in [3.8, 4) is 0 Å². The number of hydrogen-bond donors (Lipinski definition) is 0. The normalized spacial score (nSPS) is 24.8. The van der Waals surface area contributed by atoms with Gasteiger partial charge in [-0.2, -0.15) is 0 Å². The monoisotopic (exact) mass is 304 g/mol. The lowest BCUT2D eigenvalue weighted by molar-refractivity contribution is 0.0349. The number of piperazine rings is 1. The van der Waals surface area contributed by atoms with E-state index in [1.807, 2.05) is 18.7 Å². The SMILES string of the molecule is COCCN1C2CCC1CN(C(=O)c1ncnc(C)c1C)C2. The molecule has 0 radical (unpaired) electrons. The van der Waals surface area contributed by atoms with Crippen molar-refractivity contribution in [2.45, 2.75) is 38.8 Å². The first-order valence-electron chi connectivity index (χ1n) is 7.94. The van der Waals surface area contributed by atoms with Gasteiger partial charge in [0.25, 0.3) is 5.91 Å². The number of fused-ring (bicyclic) bond motifs is 2. The predicted octanol–water partition coefficient (Wildman–Crippen LogP) is 1.03. The van der Waals surface area contributed by atoms with Gasteiger partial charge in [-0.3, -0.25) is 9.69 Å². The quantitative estimate of drug-likeness (QED) is 0.831. The molecule has 0 aliphatic carbocycles. The largest absolute Gasteiger partial charge is 0.383 e. The van der Waals surface area contributed by atoms with Crippen LogP contribution in [0.3, 0.4) is 0 Å². The molecule has 120 valence electrons. The second kappa shape index (κ2) is 6.30. The molecule has 2 fully saturated rings. The summed E-state index contributed by atoms with van der Waals surface area (Å²) in [6.45, 7) is 7.14. The van der Waals surface area contributed by atoms with E-state index in [4.69, 9.17) is 4.74 Å². The van der Waals surface area contributed by atoms with Crippen molar-refractivity contribution in [1.29, 1.82) is 0 Å². The minimum atomic E-state index is 0.0475. The number of amides is 1. The molecule has 2 saturated heterocycles. The Bertz CT molecular complexity index is 549. The molecule has 1 amide bonds. The van der Waals surface area contributed by atoms with Crippen LogP contribution in [0.1, 0.15) is 34.6 Å². The van der Waals surface area contributed by atoms with E-state index in [-0.39, 0.29) is 5.91 Å². The van der Waals surface area contributed by atoms with Crippen LogP contribution in [-0.2, 0) is 4.74 Å². The van der Waals surface area contributed by atoms with E-state index in [9.17, 15) is 4.79 Å². The van der Waals surface area contributed by atoms with Crippen LogP contribution in [0, 0.1) is 13.8 Å². The number of ether oxygens (including phenoxy) is 1. The molecule has 2 bridgehead atoms. The fraction of sp³-hybridized carbons (Fsp3) is 0.688. The second-order valence-corrected chi connectivity index (χ2v) is 6.26. The molecule has 0 N–H and O–H groups in total. The first kappa shape index (κ1) is 15.4. The third kappa shape index (κ3) is 2.73. The molecule has 22 heavy (non-hydrogen) atoms. The Kier molecular flexibility index (Phi) is 4.40. The highest BCUT2D eigenvalue weighted by Crippen LogP contribution is 2.30. The Morgan fingerprint density at radius 1 is 1.27 bits per heavy atom. The summed E-state index contributed by atoms with van der Waals surface area (Å²) in [5.74, 6) is 0.0475. The van der Waals surface area contributed by atoms with E-state index in [1.165, 1.54) is 19.2 Å². The number of rotatable bonds is 4. The predicted molar refractivity (Wildman–Crippen MR) is 82.8 cm³/mol. The third-order valence-electron chi connectivity index (χ3n) is 5.01. The van der Waals surface area contributed by atoms with Gasteiger partial charge in [0.1, 0.15) is 12.0 Å². The zero-order valence-electron chi connectivity index (χ0n) is 13.6. The van der Waals surface area contributed by atoms with E-state index in [0.717, 1.165) is 37.5 Å². The maximum Gasteiger partial charge on any atom is 0.272 e. The molecule has 3 heterocycles. The summed E-state index contributed by atoms with van der Waals surface area (Å²) in [5, 5.41) is 0. The van der Waals surface area contributed by atoms with Gasteiger partial charge < -0.3 is 9.64 Å². The molecular formula is C16H24N4O2. The Labute approximate surface area is 131 Å². The molecule has 6 heteroatoms. The Hall–Kier alpha value is -1.53.